The highest BCUT2D eigenvalue weighted by Gasteiger charge is 2.22. The Morgan fingerprint density at radius 2 is 2.28 bits per heavy atom. The van der Waals surface area contributed by atoms with Crippen LogP contribution in [0.3, 0.4) is 0 Å². The maximum atomic E-state index is 11.8. The highest BCUT2D eigenvalue weighted by molar-refractivity contribution is 8.00. The van der Waals surface area contributed by atoms with E-state index >= 15 is 0 Å². The number of rotatable bonds is 2. The van der Waals surface area contributed by atoms with Crippen LogP contribution in [0.4, 0.5) is 0 Å². The summed E-state index contributed by atoms with van der Waals surface area (Å²) in [5.74, 6) is 0. The van der Waals surface area contributed by atoms with E-state index in [0.29, 0.717) is 5.25 Å². The van der Waals surface area contributed by atoms with Crippen LogP contribution in [0.2, 0.25) is 0 Å². The van der Waals surface area contributed by atoms with Crippen LogP contribution in [-0.2, 0) is 13.0 Å². The second-order valence-electron chi connectivity index (χ2n) is 4.57. The molecule has 4 heteroatoms. The molecule has 1 atom stereocenters. The Morgan fingerprint density at radius 3 is 3.06 bits per heavy atom. The molecule has 1 aromatic carbocycles. The second-order valence-corrected chi connectivity index (χ2v) is 5.91. The lowest BCUT2D eigenvalue weighted by Gasteiger charge is -2.10. The molecule has 3 rings (SSSR count). The first-order valence-electron chi connectivity index (χ1n) is 6.00. The summed E-state index contributed by atoms with van der Waals surface area (Å²) >= 11 is 1.86. The minimum absolute atomic E-state index is 0.0408. The van der Waals surface area contributed by atoms with Crippen LogP contribution >= 0.6 is 11.8 Å². The highest BCUT2D eigenvalue weighted by atomic mass is 32.2. The molecule has 3 nitrogen and oxygen atoms in total. The van der Waals surface area contributed by atoms with Crippen molar-refractivity contribution >= 4 is 11.8 Å². The number of aryl methyl sites for hydroxylation is 1. The third-order valence-electron chi connectivity index (χ3n) is 3.13. The molecule has 2 heterocycles. The zero-order valence-electron chi connectivity index (χ0n) is 10.2. The van der Waals surface area contributed by atoms with Gasteiger partial charge in [-0.05, 0) is 25.0 Å². The number of hydrogen-bond donors (Lipinski definition) is 0. The van der Waals surface area contributed by atoms with Crippen molar-refractivity contribution in [1.82, 2.24) is 9.55 Å². The molecule has 2 aromatic rings. The van der Waals surface area contributed by atoms with E-state index in [0.717, 1.165) is 18.7 Å². The SMILES string of the molecule is Cc1cc(=O)n(CC2Cc3ccccc3S2)cn1. The van der Waals surface area contributed by atoms with Crippen molar-refractivity contribution < 1.29 is 0 Å². The summed E-state index contributed by atoms with van der Waals surface area (Å²) in [5, 5.41) is 0.435. The number of benzene rings is 1. The number of nitrogens with zero attached hydrogens (tertiary/aromatic N) is 2. The predicted octanol–water partition coefficient (Wildman–Crippen LogP) is 2.27. The maximum absolute atomic E-state index is 11.8. The quantitative estimate of drug-likeness (QED) is 0.829. The Kier molecular flexibility index (Phi) is 2.96. The summed E-state index contributed by atoms with van der Waals surface area (Å²) in [6.45, 7) is 2.57. The summed E-state index contributed by atoms with van der Waals surface area (Å²) in [5.41, 5.74) is 2.21. The summed E-state index contributed by atoms with van der Waals surface area (Å²) in [6, 6.07) is 10.0. The lowest BCUT2D eigenvalue weighted by atomic mass is 10.1. The van der Waals surface area contributed by atoms with Gasteiger partial charge in [0.1, 0.15) is 0 Å². The molecule has 0 bridgehead atoms. The number of thioether (sulfide) groups is 1. The van der Waals surface area contributed by atoms with Crippen LogP contribution in [-0.4, -0.2) is 14.8 Å². The monoisotopic (exact) mass is 258 g/mol. The Labute approximate surface area is 110 Å². The zero-order chi connectivity index (χ0) is 12.5. The first-order valence-corrected chi connectivity index (χ1v) is 6.88. The molecule has 92 valence electrons. The van der Waals surface area contributed by atoms with Crippen LogP contribution in [0.1, 0.15) is 11.3 Å². The van der Waals surface area contributed by atoms with Gasteiger partial charge in [0.15, 0.2) is 0 Å². The van der Waals surface area contributed by atoms with Gasteiger partial charge in [-0.15, -0.1) is 11.8 Å². The van der Waals surface area contributed by atoms with Crippen molar-refractivity contribution in [3.8, 4) is 0 Å². The maximum Gasteiger partial charge on any atom is 0.253 e. The Bertz CT molecular complexity index is 611. The van der Waals surface area contributed by atoms with Crippen molar-refractivity contribution in [2.75, 3.05) is 0 Å². The third-order valence-corrected chi connectivity index (χ3v) is 4.43. The molecule has 0 fully saturated rings. The molecule has 1 unspecified atom stereocenters. The molecular weight excluding hydrogens is 244 g/mol. The topological polar surface area (TPSA) is 34.9 Å². The second kappa shape index (κ2) is 4.61. The van der Waals surface area contributed by atoms with Gasteiger partial charge in [-0.25, -0.2) is 4.98 Å². The van der Waals surface area contributed by atoms with E-state index in [2.05, 4.69) is 29.2 Å². The molecule has 0 N–H and O–H groups in total. The van der Waals surface area contributed by atoms with Crippen LogP contribution in [0.5, 0.6) is 0 Å². The fraction of sp³-hybridized carbons (Fsp3) is 0.286. The molecule has 0 aliphatic carbocycles. The molecule has 0 saturated heterocycles. The fourth-order valence-electron chi connectivity index (χ4n) is 2.23. The summed E-state index contributed by atoms with van der Waals surface area (Å²) in [7, 11) is 0. The molecule has 1 aliphatic rings. The molecule has 1 aliphatic heterocycles. The molecule has 0 saturated carbocycles. The summed E-state index contributed by atoms with van der Waals surface area (Å²) in [4.78, 5) is 17.3. The average Bonchev–Trinajstić information content (AvgIpc) is 2.75. The summed E-state index contributed by atoms with van der Waals surface area (Å²) in [6.07, 6.45) is 2.68. The standard InChI is InChI=1S/C14H14N2OS/c1-10-6-14(17)16(9-15-10)8-12-7-11-4-2-3-5-13(11)18-12/h2-6,9,12H,7-8H2,1H3. The van der Waals surface area contributed by atoms with Crippen LogP contribution < -0.4 is 5.56 Å². The first kappa shape index (κ1) is 11.5. The first-order chi connectivity index (χ1) is 8.72. The van der Waals surface area contributed by atoms with Gasteiger partial charge in [-0.1, -0.05) is 18.2 Å². The van der Waals surface area contributed by atoms with Crippen molar-refractivity contribution in [2.24, 2.45) is 0 Å². The van der Waals surface area contributed by atoms with Crippen molar-refractivity contribution in [1.29, 1.82) is 0 Å². The average molecular weight is 258 g/mol. The lowest BCUT2D eigenvalue weighted by molar-refractivity contribution is 0.627. The zero-order valence-corrected chi connectivity index (χ0v) is 11.0. The highest BCUT2D eigenvalue weighted by Crippen LogP contribution is 2.37. The van der Waals surface area contributed by atoms with Crippen molar-refractivity contribution in [2.45, 2.75) is 30.0 Å². The van der Waals surface area contributed by atoms with Crippen molar-refractivity contribution in [3.05, 3.63) is 58.3 Å². The van der Waals surface area contributed by atoms with Gasteiger partial charge in [0.05, 0.1) is 6.33 Å². The molecule has 18 heavy (non-hydrogen) atoms. The van der Waals surface area contributed by atoms with Crippen molar-refractivity contribution in [3.63, 3.8) is 0 Å². The van der Waals surface area contributed by atoms with Gasteiger partial charge in [0.25, 0.3) is 5.56 Å². The third kappa shape index (κ3) is 2.20. The van der Waals surface area contributed by atoms with Gasteiger partial charge in [-0.2, -0.15) is 0 Å². The Balaban J connectivity index is 1.78. The van der Waals surface area contributed by atoms with Crippen LogP contribution in [0.15, 0.2) is 46.3 Å². The smallest absolute Gasteiger partial charge is 0.253 e. The van der Waals surface area contributed by atoms with Gasteiger partial charge in [0, 0.05) is 28.5 Å². The normalized spacial score (nSPS) is 17.7. The Hall–Kier alpha value is -1.55. The van der Waals surface area contributed by atoms with E-state index < -0.39 is 0 Å². The van der Waals surface area contributed by atoms with E-state index in [1.807, 2.05) is 18.7 Å². The fourth-order valence-corrected chi connectivity index (χ4v) is 3.55. The molecule has 0 radical (unpaired) electrons. The molecule has 1 aromatic heterocycles. The van der Waals surface area contributed by atoms with Gasteiger partial charge in [-0.3, -0.25) is 9.36 Å². The van der Waals surface area contributed by atoms with E-state index in [1.54, 1.807) is 17.0 Å². The molecular formula is C14H14N2OS. The molecule has 0 spiro atoms. The predicted molar refractivity (Wildman–Crippen MR) is 73.0 cm³/mol. The Morgan fingerprint density at radius 1 is 1.44 bits per heavy atom. The van der Waals surface area contributed by atoms with Crippen LogP contribution in [0.25, 0.3) is 0 Å². The van der Waals surface area contributed by atoms with E-state index in [1.165, 1.54) is 10.5 Å². The van der Waals surface area contributed by atoms with Gasteiger partial charge >= 0.3 is 0 Å². The number of fused-ring (bicyclic) bond motifs is 1. The largest absolute Gasteiger partial charge is 0.298 e. The number of aromatic nitrogens is 2. The van der Waals surface area contributed by atoms with Gasteiger partial charge in [0.2, 0.25) is 0 Å². The van der Waals surface area contributed by atoms with E-state index in [-0.39, 0.29) is 5.56 Å². The summed E-state index contributed by atoms with van der Waals surface area (Å²) < 4.78 is 1.70. The molecule has 0 amide bonds. The number of hydrogen-bond acceptors (Lipinski definition) is 3. The minimum atomic E-state index is 0.0408. The minimum Gasteiger partial charge on any atom is -0.298 e. The van der Waals surface area contributed by atoms with E-state index in [4.69, 9.17) is 0 Å². The lowest BCUT2D eigenvalue weighted by Crippen LogP contribution is -2.25. The van der Waals surface area contributed by atoms with E-state index in [9.17, 15) is 4.79 Å². The van der Waals surface area contributed by atoms with Gasteiger partial charge < -0.3 is 0 Å². The van der Waals surface area contributed by atoms with Crippen LogP contribution in [0, 0.1) is 6.92 Å².